The third-order valence-corrected chi connectivity index (χ3v) is 4.97. The number of aromatic nitrogens is 2. The fraction of sp³-hybridized carbons (Fsp3) is 0.381. The minimum absolute atomic E-state index is 0.105. The normalized spacial score (nSPS) is 14.5. The van der Waals surface area contributed by atoms with Crippen molar-refractivity contribution in [3.8, 4) is 0 Å². The van der Waals surface area contributed by atoms with Gasteiger partial charge in [-0.2, -0.15) is 4.98 Å². The summed E-state index contributed by atoms with van der Waals surface area (Å²) in [5.74, 6) is 1.82. The number of furan rings is 1. The Morgan fingerprint density at radius 1 is 1.14 bits per heavy atom. The molecular formula is C21H24N4O3. The first-order valence-corrected chi connectivity index (χ1v) is 9.57. The number of benzene rings is 1. The van der Waals surface area contributed by atoms with Gasteiger partial charge in [-0.25, -0.2) is 4.98 Å². The first-order valence-electron chi connectivity index (χ1n) is 9.57. The van der Waals surface area contributed by atoms with Gasteiger partial charge in [0.2, 0.25) is 5.71 Å². The molecule has 1 aliphatic rings. The second-order valence-corrected chi connectivity index (χ2v) is 6.79. The van der Waals surface area contributed by atoms with Gasteiger partial charge >= 0.3 is 0 Å². The van der Waals surface area contributed by atoms with Gasteiger partial charge in [-0.3, -0.25) is 4.79 Å². The molecule has 0 spiro atoms. The van der Waals surface area contributed by atoms with E-state index in [9.17, 15) is 4.79 Å². The Balaban J connectivity index is 1.86. The van der Waals surface area contributed by atoms with Gasteiger partial charge in [0, 0.05) is 25.3 Å². The summed E-state index contributed by atoms with van der Waals surface area (Å²) in [6.45, 7) is 8.88. The summed E-state index contributed by atoms with van der Waals surface area (Å²) in [5, 5.41) is 0.685. The highest BCUT2D eigenvalue weighted by atomic mass is 16.5. The average Bonchev–Trinajstić information content (AvgIpc) is 3.04. The maximum Gasteiger partial charge on any atom is 0.262 e. The SMILES string of the molecule is CCN(C(=O)c1c(C)oc2nc(C)nc(N3CCOCC3)c12)c1ccccc1. The first-order chi connectivity index (χ1) is 13.6. The van der Waals surface area contributed by atoms with Crippen molar-refractivity contribution < 1.29 is 13.9 Å². The maximum atomic E-state index is 13.6. The van der Waals surface area contributed by atoms with Crippen molar-refractivity contribution in [2.45, 2.75) is 20.8 Å². The van der Waals surface area contributed by atoms with E-state index in [1.54, 1.807) is 4.90 Å². The van der Waals surface area contributed by atoms with Crippen LogP contribution in [0.15, 0.2) is 34.7 Å². The molecule has 0 radical (unpaired) electrons. The summed E-state index contributed by atoms with van der Waals surface area (Å²) < 4.78 is 11.4. The number of para-hydroxylation sites is 1. The molecule has 7 nitrogen and oxygen atoms in total. The number of rotatable bonds is 4. The van der Waals surface area contributed by atoms with Crippen LogP contribution in [0, 0.1) is 13.8 Å². The van der Waals surface area contributed by atoms with Crippen LogP contribution >= 0.6 is 0 Å². The van der Waals surface area contributed by atoms with E-state index >= 15 is 0 Å². The Morgan fingerprint density at radius 2 is 1.86 bits per heavy atom. The summed E-state index contributed by atoms with van der Waals surface area (Å²) in [5.41, 5.74) is 1.84. The second kappa shape index (κ2) is 7.59. The number of hydrogen-bond donors (Lipinski definition) is 0. The molecule has 28 heavy (non-hydrogen) atoms. The molecule has 0 bridgehead atoms. The molecule has 1 aliphatic heterocycles. The molecule has 1 fully saturated rings. The predicted octanol–water partition coefficient (Wildman–Crippen LogP) is 3.34. The second-order valence-electron chi connectivity index (χ2n) is 6.79. The fourth-order valence-electron chi connectivity index (χ4n) is 3.65. The van der Waals surface area contributed by atoms with E-state index in [0.29, 0.717) is 48.0 Å². The lowest BCUT2D eigenvalue weighted by Crippen LogP contribution is -2.37. The quantitative estimate of drug-likeness (QED) is 0.691. The number of morpholine rings is 1. The Labute approximate surface area is 163 Å². The zero-order valence-corrected chi connectivity index (χ0v) is 16.4. The van der Waals surface area contributed by atoms with E-state index in [1.165, 1.54) is 0 Å². The largest absolute Gasteiger partial charge is 0.442 e. The summed E-state index contributed by atoms with van der Waals surface area (Å²) in [6, 6.07) is 9.66. The maximum absolute atomic E-state index is 13.6. The third kappa shape index (κ3) is 3.22. The number of amides is 1. The van der Waals surface area contributed by atoms with Gasteiger partial charge in [0.05, 0.1) is 24.2 Å². The van der Waals surface area contributed by atoms with Gasteiger partial charge in [0.15, 0.2) is 0 Å². The molecule has 0 atom stereocenters. The molecule has 1 aromatic carbocycles. The van der Waals surface area contributed by atoms with Crippen LogP contribution in [0.4, 0.5) is 11.5 Å². The summed E-state index contributed by atoms with van der Waals surface area (Å²) in [4.78, 5) is 26.6. The zero-order chi connectivity index (χ0) is 19.7. The van der Waals surface area contributed by atoms with Gasteiger partial charge in [0.25, 0.3) is 5.91 Å². The lowest BCUT2D eigenvalue weighted by Gasteiger charge is -2.28. The molecule has 4 rings (SSSR count). The van der Waals surface area contributed by atoms with Gasteiger partial charge in [0.1, 0.15) is 17.4 Å². The van der Waals surface area contributed by atoms with E-state index in [0.717, 1.165) is 24.6 Å². The summed E-state index contributed by atoms with van der Waals surface area (Å²) in [6.07, 6.45) is 0. The smallest absolute Gasteiger partial charge is 0.262 e. The zero-order valence-electron chi connectivity index (χ0n) is 16.4. The third-order valence-electron chi connectivity index (χ3n) is 4.97. The average molecular weight is 380 g/mol. The molecule has 7 heteroatoms. The number of fused-ring (bicyclic) bond motifs is 1. The fourth-order valence-corrected chi connectivity index (χ4v) is 3.65. The predicted molar refractivity (Wildman–Crippen MR) is 108 cm³/mol. The Hall–Kier alpha value is -2.93. The van der Waals surface area contributed by atoms with Crippen LogP contribution < -0.4 is 9.80 Å². The standard InChI is InChI=1S/C21H24N4O3/c1-4-25(16-8-6-5-7-9-16)21(26)17-14(2)28-20-18(17)19(22-15(3)23-20)24-10-12-27-13-11-24/h5-9H,4,10-13H2,1-3H3. The van der Waals surface area contributed by atoms with Crippen molar-refractivity contribution in [1.82, 2.24) is 9.97 Å². The highest BCUT2D eigenvalue weighted by Crippen LogP contribution is 2.34. The number of carbonyl (C=O) groups is 1. The van der Waals surface area contributed by atoms with Crippen molar-refractivity contribution >= 4 is 28.5 Å². The van der Waals surface area contributed by atoms with E-state index < -0.39 is 0 Å². The van der Waals surface area contributed by atoms with Gasteiger partial charge in [-0.05, 0) is 32.9 Å². The molecule has 3 heterocycles. The van der Waals surface area contributed by atoms with Crippen molar-refractivity contribution in [3.05, 3.63) is 47.5 Å². The highest BCUT2D eigenvalue weighted by Gasteiger charge is 2.29. The number of ether oxygens (including phenoxy) is 1. The lowest BCUT2D eigenvalue weighted by atomic mass is 10.1. The van der Waals surface area contributed by atoms with Crippen molar-refractivity contribution in [2.75, 3.05) is 42.6 Å². The summed E-state index contributed by atoms with van der Waals surface area (Å²) in [7, 11) is 0. The molecular weight excluding hydrogens is 356 g/mol. The van der Waals surface area contributed by atoms with Gasteiger partial charge in [-0.15, -0.1) is 0 Å². The van der Waals surface area contributed by atoms with Crippen LogP contribution in [0.25, 0.3) is 11.1 Å². The minimum Gasteiger partial charge on any atom is -0.442 e. The van der Waals surface area contributed by atoms with Crippen molar-refractivity contribution in [1.29, 1.82) is 0 Å². The molecule has 0 aliphatic carbocycles. The number of aryl methyl sites for hydroxylation is 2. The minimum atomic E-state index is -0.105. The highest BCUT2D eigenvalue weighted by molar-refractivity contribution is 6.16. The van der Waals surface area contributed by atoms with E-state index in [1.807, 2.05) is 51.1 Å². The van der Waals surface area contributed by atoms with Crippen LogP contribution in [-0.4, -0.2) is 48.7 Å². The van der Waals surface area contributed by atoms with E-state index in [4.69, 9.17) is 9.15 Å². The monoisotopic (exact) mass is 380 g/mol. The number of carbonyl (C=O) groups excluding carboxylic acids is 1. The molecule has 0 saturated carbocycles. The Bertz CT molecular complexity index is 994. The molecule has 1 saturated heterocycles. The topological polar surface area (TPSA) is 71.7 Å². The number of nitrogens with zero attached hydrogens (tertiary/aromatic N) is 4. The van der Waals surface area contributed by atoms with Crippen molar-refractivity contribution in [2.24, 2.45) is 0 Å². The summed E-state index contributed by atoms with van der Waals surface area (Å²) >= 11 is 0. The van der Waals surface area contributed by atoms with E-state index in [-0.39, 0.29) is 5.91 Å². The molecule has 1 amide bonds. The van der Waals surface area contributed by atoms with Gasteiger partial charge in [-0.1, -0.05) is 18.2 Å². The van der Waals surface area contributed by atoms with Crippen LogP contribution in [0.2, 0.25) is 0 Å². The van der Waals surface area contributed by atoms with Crippen LogP contribution in [0.5, 0.6) is 0 Å². The van der Waals surface area contributed by atoms with Crippen LogP contribution in [-0.2, 0) is 4.74 Å². The molecule has 0 unspecified atom stereocenters. The van der Waals surface area contributed by atoms with Crippen LogP contribution in [0.3, 0.4) is 0 Å². The van der Waals surface area contributed by atoms with Crippen LogP contribution in [0.1, 0.15) is 28.9 Å². The molecule has 146 valence electrons. The van der Waals surface area contributed by atoms with Crippen molar-refractivity contribution in [3.63, 3.8) is 0 Å². The Morgan fingerprint density at radius 3 is 2.54 bits per heavy atom. The van der Waals surface area contributed by atoms with Gasteiger partial charge < -0.3 is 19.0 Å². The first kappa shape index (κ1) is 18.4. The number of anilines is 2. The lowest BCUT2D eigenvalue weighted by molar-refractivity contribution is 0.0988. The molecule has 0 N–H and O–H groups in total. The molecule has 3 aromatic rings. The van der Waals surface area contributed by atoms with E-state index in [2.05, 4.69) is 14.9 Å². The Kier molecular flexibility index (Phi) is 5.00. The molecule has 2 aromatic heterocycles. The number of hydrogen-bond acceptors (Lipinski definition) is 6.